The van der Waals surface area contributed by atoms with Gasteiger partial charge in [0, 0.05) is 12.5 Å². The molecular weight excluding hydrogens is 416 g/mol. The average molecular weight is 459 g/mol. The third kappa shape index (κ3) is 6.73. The zero-order chi connectivity index (χ0) is 24.3. The van der Waals surface area contributed by atoms with Gasteiger partial charge in [0.2, 0.25) is 0 Å². The zero-order valence-corrected chi connectivity index (χ0v) is 21.6. The van der Waals surface area contributed by atoms with Crippen molar-refractivity contribution in [2.45, 2.75) is 78.6 Å². The first-order chi connectivity index (χ1) is 16.6. The van der Waals surface area contributed by atoms with Crippen molar-refractivity contribution in [1.29, 1.82) is 0 Å². The molecule has 0 saturated carbocycles. The van der Waals surface area contributed by atoms with Crippen LogP contribution in [0.2, 0.25) is 0 Å². The van der Waals surface area contributed by atoms with E-state index in [1.807, 2.05) is 0 Å². The fraction of sp³-hybridized carbons (Fsp3) is 0.438. The Hall–Kier alpha value is -2.58. The highest BCUT2D eigenvalue weighted by atomic mass is 16.5. The molecule has 0 bridgehead atoms. The molecule has 0 fully saturated rings. The highest BCUT2D eigenvalue weighted by Crippen LogP contribution is 2.35. The van der Waals surface area contributed by atoms with Gasteiger partial charge in [-0.3, -0.25) is 0 Å². The van der Waals surface area contributed by atoms with Crippen molar-refractivity contribution in [3.8, 4) is 28.0 Å². The maximum absolute atomic E-state index is 9.83. The number of aliphatic hydroxyl groups excluding tert-OH is 1. The van der Waals surface area contributed by atoms with Gasteiger partial charge in [-0.2, -0.15) is 0 Å². The van der Waals surface area contributed by atoms with Crippen molar-refractivity contribution in [1.82, 2.24) is 0 Å². The Balaban J connectivity index is 1.87. The third-order valence-corrected chi connectivity index (χ3v) is 6.72. The van der Waals surface area contributed by atoms with Crippen LogP contribution >= 0.6 is 0 Å². The second kappa shape index (κ2) is 13.3. The van der Waals surface area contributed by atoms with Crippen LogP contribution in [0.25, 0.3) is 22.3 Å². The van der Waals surface area contributed by atoms with Gasteiger partial charge < -0.3 is 9.84 Å². The minimum atomic E-state index is 0.0387. The SMILES string of the molecule is CCCCCc1ccc(-c2ccc(-c3ccc(OCCCC)c(C(C)CO)c3)c(CC)c2)cc1. The average Bonchev–Trinajstić information content (AvgIpc) is 2.88. The molecule has 0 aliphatic rings. The molecule has 0 saturated heterocycles. The van der Waals surface area contributed by atoms with E-state index in [2.05, 4.69) is 88.4 Å². The molecular formula is C32H42O2. The summed E-state index contributed by atoms with van der Waals surface area (Å²) < 4.78 is 6.05. The Bertz CT molecular complexity index is 1020. The summed E-state index contributed by atoms with van der Waals surface area (Å²) in [4.78, 5) is 0. The molecule has 1 unspecified atom stereocenters. The highest BCUT2D eigenvalue weighted by molar-refractivity contribution is 5.75. The molecule has 2 heteroatoms. The lowest BCUT2D eigenvalue weighted by atomic mass is 9.90. The Kier molecular flexibility index (Phi) is 10.2. The first-order valence-electron chi connectivity index (χ1n) is 13.2. The van der Waals surface area contributed by atoms with Gasteiger partial charge in [-0.15, -0.1) is 0 Å². The Morgan fingerprint density at radius 1 is 0.765 bits per heavy atom. The molecule has 1 N–H and O–H groups in total. The van der Waals surface area contributed by atoms with Gasteiger partial charge in [-0.1, -0.05) is 95.5 Å². The predicted octanol–water partition coefficient (Wildman–Crippen LogP) is 8.59. The van der Waals surface area contributed by atoms with E-state index in [9.17, 15) is 5.11 Å². The molecule has 1 atom stereocenters. The van der Waals surface area contributed by atoms with Gasteiger partial charge in [0.25, 0.3) is 0 Å². The largest absolute Gasteiger partial charge is 0.493 e. The van der Waals surface area contributed by atoms with E-state index in [4.69, 9.17) is 4.74 Å². The molecule has 0 amide bonds. The number of benzene rings is 3. The van der Waals surface area contributed by atoms with Crippen LogP contribution in [0.5, 0.6) is 5.75 Å². The topological polar surface area (TPSA) is 29.5 Å². The van der Waals surface area contributed by atoms with Crippen LogP contribution in [0, 0.1) is 0 Å². The van der Waals surface area contributed by atoms with Crippen molar-refractivity contribution in [2.75, 3.05) is 13.2 Å². The minimum absolute atomic E-state index is 0.0387. The Morgan fingerprint density at radius 3 is 2.15 bits per heavy atom. The van der Waals surface area contributed by atoms with Gasteiger partial charge in [-0.05, 0) is 76.8 Å². The smallest absolute Gasteiger partial charge is 0.122 e. The normalized spacial score (nSPS) is 12.0. The standard InChI is InChI=1S/C32H42O2/c1-5-8-10-11-25-12-14-27(15-13-25)28-16-18-30(26(7-3)21-28)29-17-19-32(34-20-9-6-2)31(22-29)24(4)23-33/h12-19,21-22,24,33H,5-11,20,23H2,1-4H3. The monoisotopic (exact) mass is 458 g/mol. The summed E-state index contributed by atoms with van der Waals surface area (Å²) in [6, 6.07) is 22.4. The first-order valence-corrected chi connectivity index (χ1v) is 13.2. The van der Waals surface area contributed by atoms with Crippen LogP contribution in [-0.4, -0.2) is 18.3 Å². The summed E-state index contributed by atoms with van der Waals surface area (Å²) in [5.41, 5.74) is 8.84. The summed E-state index contributed by atoms with van der Waals surface area (Å²) >= 11 is 0. The number of unbranched alkanes of at least 4 members (excludes halogenated alkanes) is 3. The van der Waals surface area contributed by atoms with E-state index < -0.39 is 0 Å². The molecule has 0 aliphatic carbocycles. The van der Waals surface area contributed by atoms with E-state index in [0.717, 1.165) is 30.6 Å². The number of rotatable bonds is 13. The third-order valence-electron chi connectivity index (χ3n) is 6.72. The molecule has 0 aromatic heterocycles. The molecule has 0 radical (unpaired) electrons. The van der Waals surface area contributed by atoms with E-state index in [1.54, 1.807) is 0 Å². The van der Waals surface area contributed by atoms with Crippen molar-refractivity contribution in [2.24, 2.45) is 0 Å². The summed E-state index contributed by atoms with van der Waals surface area (Å²) in [5, 5.41) is 9.83. The van der Waals surface area contributed by atoms with E-state index in [-0.39, 0.29) is 12.5 Å². The van der Waals surface area contributed by atoms with Crippen LogP contribution < -0.4 is 4.74 Å². The lowest BCUT2D eigenvalue weighted by Crippen LogP contribution is -2.05. The molecule has 2 nitrogen and oxygen atoms in total. The summed E-state index contributed by atoms with van der Waals surface area (Å²) in [7, 11) is 0. The number of aryl methyl sites for hydroxylation is 2. The Morgan fingerprint density at radius 2 is 1.47 bits per heavy atom. The van der Waals surface area contributed by atoms with Gasteiger partial charge in [-0.25, -0.2) is 0 Å². The fourth-order valence-electron chi connectivity index (χ4n) is 4.45. The van der Waals surface area contributed by atoms with Gasteiger partial charge >= 0.3 is 0 Å². The molecule has 0 aliphatic heterocycles. The molecule has 0 heterocycles. The number of aliphatic hydroxyl groups is 1. The van der Waals surface area contributed by atoms with Gasteiger partial charge in [0.1, 0.15) is 5.75 Å². The van der Waals surface area contributed by atoms with E-state index in [0.29, 0.717) is 6.61 Å². The first kappa shape index (κ1) is 26.0. The molecule has 3 rings (SSSR count). The number of ether oxygens (including phenoxy) is 1. The van der Waals surface area contributed by atoms with E-state index in [1.165, 1.54) is 59.1 Å². The van der Waals surface area contributed by atoms with Crippen LogP contribution in [0.4, 0.5) is 0 Å². The number of hydrogen-bond acceptors (Lipinski definition) is 2. The van der Waals surface area contributed by atoms with Crippen LogP contribution in [-0.2, 0) is 12.8 Å². The summed E-state index contributed by atoms with van der Waals surface area (Å²) in [5.74, 6) is 0.934. The van der Waals surface area contributed by atoms with Crippen LogP contribution in [0.15, 0.2) is 60.7 Å². The highest BCUT2D eigenvalue weighted by Gasteiger charge is 2.15. The predicted molar refractivity (Wildman–Crippen MR) is 146 cm³/mol. The summed E-state index contributed by atoms with van der Waals surface area (Å²) in [6.45, 7) is 9.53. The second-order valence-corrected chi connectivity index (χ2v) is 9.42. The number of hydrogen-bond donors (Lipinski definition) is 1. The Labute approximate surface area is 207 Å². The lowest BCUT2D eigenvalue weighted by molar-refractivity contribution is 0.263. The van der Waals surface area contributed by atoms with Crippen molar-refractivity contribution >= 4 is 0 Å². The molecule has 182 valence electrons. The quantitative estimate of drug-likeness (QED) is 0.260. The second-order valence-electron chi connectivity index (χ2n) is 9.42. The lowest BCUT2D eigenvalue weighted by Gasteiger charge is -2.18. The molecule has 3 aromatic rings. The molecule has 34 heavy (non-hydrogen) atoms. The van der Waals surface area contributed by atoms with Crippen LogP contribution in [0.1, 0.15) is 82.4 Å². The maximum Gasteiger partial charge on any atom is 0.122 e. The van der Waals surface area contributed by atoms with E-state index >= 15 is 0 Å². The van der Waals surface area contributed by atoms with Crippen LogP contribution in [0.3, 0.4) is 0 Å². The van der Waals surface area contributed by atoms with Crippen molar-refractivity contribution in [3.63, 3.8) is 0 Å². The van der Waals surface area contributed by atoms with Gasteiger partial charge in [0.15, 0.2) is 0 Å². The molecule has 3 aromatic carbocycles. The maximum atomic E-state index is 9.83. The minimum Gasteiger partial charge on any atom is -0.493 e. The van der Waals surface area contributed by atoms with Gasteiger partial charge in [0.05, 0.1) is 6.61 Å². The fourth-order valence-corrected chi connectivity index (χ4v) is 4.45. The summed E-state index contributed by atoms with van der Waals surface area (Å²) in [6.07, 6.45) is 8.11. The van der Waals surface area contributed by atoms with Crippen molar-refractivity contribution in [3.05, 3.63) is 77.4 Å². The zero-order valence-electron chi connectivity index (χ0n) is 21.6. The van der Waals surface area contributed by atoms with Crippen molar-refractivity contribution < 1.29 is 9.84 Å². The molecule has 0 spiro atoms.